The summed E-state index contributed by atoms with van der Waals surface area (Å²) < 4.78 is 75.0. The van der Waals surface area contributed by atoms with Gasteiger partial charge in [-0.3, -0.25) is 4.48 Å². The largest absolute Gasteiger partial charge is 0.323 e. The van der Waals surface area contributed by atoms with Crippen molar-refractivity contribution in [1.82, 2.24) is 4.48 Å². The Morgan fingerprint density at radius 2 is 1.48 bits per heavy atom. The van der Waals surface area contributed by atoms with E-state index in [4.69, 9.17) is 4.74 Å². The zero-order valence-electron chi connectivity index (χ0n) is 16.0. The second-order valence-corrected chi connectivity index (χ2v) is 8.71. The molecule has 148 valence electrons. The van der Waals surface area contributed by atoms with Crippen molar-refractivity contribution in [2.45, 2.75) is 33.8 Å². The van der Waals surface area contributed by atoms with Gasteiger partial charge in [-0.15, -0.1) is 0 Å². The second-order valence-electron chi connectivity index (χ2n) is 8.71. The Morgan fingerprint density at radius 3 is 2.00 bits per heavy atom. The highest BCUT2D eigenvalue weighted by molar-refractivity contribution is 5.49. The molecule has 1 aliphatic carbocycles. The molecular formula is C20H23F5NO+. The van der Waals surface area contributed by atoms with E-state index in [1.807, 2.05) is 13.0 Å². The number of likely N-dealkylation sites (N-methyl/N-ethyl adjacent to an activating group) is 1. The van der Waals surface area contributed by atoms with E-state index >= 15 is 0 Å². The van der Waals surface area contributed by atoms with Crippen LogP contribution in [0.3, 0.4) is 0 Å². The first-order chi connectivity index (χ1) is 12.4. The topological polar surface area (TPSA) is 9.23 Å². The van der Waals surface area contributed by atoms with Crippen LogP contribution >= 0.6 is 0 Å². The van der Waals surface area contributed by atoms with E-state index < -0.39 is 39.3 Å². The van der Waals surface area contributed by atoms with Crippen LogP contribution in [0.25, 0.3) is 0 Å². The van der Waals surface area contributed by atoms with Crippen molar-refractivity contribution in [2.75, 3.05) is 20.3 Å². The molecule has 0 bridgehead atoms. The Morgan fingerprint density at radius 1 is 0.963 bits per heavy atom. The lowest BCUT2D eigenvalue weighted by Crippen LogP contribution is -2.58. The van der Waals surface area contributed by atoms with Crippen LogP contribution in [0.2, 0.25) is 0 Å². The number of halogens is 5. The van der Waals surface area contributed by atoms with Crippen LogP contribution in [0.1, 0.15) is 27.7 Å². The number of rotatable bonds is 1. The molecular weight excluding hydrogens is 365 g/mol. The van der Waals surface area contributed by atoms with Gasteiger partial charge in [0.1, 0.15) is 6.54 Å². The van der Waals surface area contributed by atoms with Crippen molar-refractivity contribution in [3.05, 3.63) is 52.4 Å². The summed E-state index contributed by atoms with van der Waals surface area (Å²) in [5.74, 6) is -9.61. The fraction of sp³-hybridized carbons (Fsp3) is 0.500. The molecule has 7 heteroatoms. The normalized spacial score (nSPS) is 28.5. The fourth-order valence-electron chi connectivity index (χ4n) is 3.98. The summed E-state index contributed by atoms with van der Waals surface area (Å²) in [6, 6.07) is 0. The average Bonchev–Trinajstić information content (AvgIpc) is 2.56. The van der Waals surface area contributed by atoms with E-state index in [0.29, 0.717) is 0 Å². The van der Waals surface area contributed by atoms with Crippen molar-refractivity contribution in [1.29, 1.82) is 0 Å². The summed E-state index contributed by atoms with van der Waals surface area (Å²) in [5, 5.41) is 0. The number of hydrogen-bond donors (Lipinski definition) is 0. The number of allylic oxidation sites excluding steroid dienone is 2. The van der Waals surface area contributed by atoms with Gasteiger partial charge in [0.15, 0.2) is 6.73 Å². The van der Waals surface area contributed by atoms with E-state index in [0.717, 1.165) is 11.1 Å². The van der Waals surface area contributed by atoms with Crippen LogP contribution in [0.5, 0.6) is 0 Å². The molecule has 27 heavy (non-hydrogen) atoms. The van der Waals surface area contributed by atoms with Crippen molar-refractivity contribution < 1.29 is 26.7 Å². The van der Waals surface area contributed by atoms with E-state index in [1.54, 1.807) is 0 Å². The summed E-state index contributed by atoms with van der Waals surface area (Å²) in [5.41, 5.74) is 0.782. The van der Waals surface area contributed by atoms with E-state index in [-0.39, 0.29) is 30.7 Å². The van der Waals surface area contributed by atoms with Gasteiger partial charge in [0.25, 0.3) is 0 Å². The molecule has 1 aliphatic heterocycles. The van der Waals surface area contributed by atoms with E-state index in [1.165, 1.54) is 7.05 Å². The predicted octanol–water partition coefficient (Wildman–Crippen LogP) is 5.22. The Labute approximate surface area is 155 Å². The molecule has 1 aromatic rings. The van der Waals surface area contributed by atoms with Gasteiger partial charge in [-0.05, 0) is 12.3 Å². The summed E-state index contributed by atoms with van der Waals surface area (Å²) >= 11 is 0. The van der Waals surface area contributed by atoms with E-state index in [9.17, 15) is 22.0 Å². The van der Waals surface area contributed by atoms with Crippen LogP contribution in [0.4, 0.5) is 27.6 Å². The summed E-state index contributed by atoms with van der Waals surface area (Å²) in [6.45, 7) is 8.03. The number of nitrogens with zero attached hydrogens (tertiary/aromatic N) is 1. The first kappa shape index (κ1) is 20.0. The number of hydrogen-bond acceptors (Lipinski definition) is 1. The molecule has 0 radical (unpaired) electrons. The van der Waals surface area contributed by atoms with Crippen LogP contribution < -0.4 is 4.48 Å². The maximum Gasteiger partial charge on any atom is 0.225 e. The van der Waals surface area contributed by atoms with Gasteiger partial charge in [0.05, 0.1) is 13.2 Å². The van der Waals surface area contributed by atoms with Crippen LogP contribution in [0, 0.1) is 40.4 Å². The summed E-state index contributed by atoms with van der Waals surface area (Å²) in [4.78, 5) is 0. The van der Waals surface area contributed by atoms with Gasteiger partial charge in [0.2, 0.25) is 34.8 Å². The highest BCUT2D eigenvalue weighted by atomic mass is 19.2. The summed E-state index contributed by atoms with van der Waals surface area (Å²) in [6.07, 6.45) is 3.68. The minimum absolute atomic E-state index is 0.0441. The molecule has 0 saturated carbocycles. The summed E-state index contributed by atoms with van der Waals surface area (Å²) in [7, 11) is 1.41. The lowest BCUT2D eigenvalue weighted by Gasteiger charge is -2.46. The monoisotopic (exact) mass is 388 g/mol. The minimum Gasteiger partial charge on any atom is -0.323 e. The molecule has 1 fully saturated rings. The van der Waals surface area contributed by atoms with Gasteiger partial charge in [-0.25, -0.2) is 13.2 Å². The highest BCUT2D eigenvalue weighted by Gasteiger charge is 2.47. The smallest absolute Gasteiger partial charge is 0.225 e. The van der Waals surface area contributed by atoms with Gasteiger partial charge in [-0.2, -0.15) is 8.78 Å². The fourth-order valence-corrected chi connectivity index (χ4v) is 3.98. The Kier molecular flexibility index (Phi) is 4.75. The quantitative estimate of drug-likeness (QED) is 0.277. The van der Waals surface area contributed by atoms with Crippen LogP contribution in [0.15, 0.2) is 23.3 Å². The third-order valence-corrected chi connectivity index (χ3v) is 5.34. The van der Waals surface area contributed by atoms with Gasteiger partial charge in [0, 0.05) is 11.5 Å². The molecule has 3 atom stereocenters. The third kappa shape index (κ3) is 3.21. The molecule has 1 heterocycles. The van der Waals surface area contributed by atoms with Gasteiger partial charge < -0.3 is 4.74 Å². The predicted molar refractivity (Wildman–Crippen MR) is 93.3 cm³/mol. The van der Waals surface area contributed by atoms with Crippen LogP contribution in [-0.4, -0.2) is 26.4 Å². The van der Waals surface area contributed by atoms with Crippen molar-refractivity contribution in [3.8, 4) is 0 Å². The molecule has 3 unspecified atom stereocenters. The Balaban J connectivity index is 2.07. The zero-order chi connectivity index (χ0) is 20.3. The van der Waals surface area contributed by atoms with E-state index in [2.05, 4.69) is 26.8 Å². The third-order valence-electron chi connectivity index (χ3n) is 5.34. The molecule has 1 saturated heterocycles. The highest BCUT2D eigenvalue weighted by Crippen LogP contribution is 2.43. The molecule has 0 N–H and O–H groups in total. The lowest BCUT2D eigenvalue weighted by atomic mass is 9.71. The number of quaternary nitrogens is 1. The maximum atomic E-state index is 14.4. The van der Waals surface area contributed by atoms with Crippen molar-refractivity contribution >= 4 is 5.69 Å². The average molecular weight is 388 g/mol. The molecule has 0 aromatic heterocycles. The minimum atomic E-state index is -2.15. The Bertz CT molecular complexity index is 826. The van der Waals surface area contributed by atoms with Crippen molar-refractivity contribution in [3.63, 3.8) is 0 Å². The molecule has 0 amide bonds. The first-order valence-corrected chi connectivity index (χ1v) is 8.74. The SMILES string of the molecule is CC1=CC(C(C)(C)C)C2OC[N+](C)(c3c(F)c(F)c(F)c(F)c3F)CC2=C1. The zero-order valence-corrected chi connectivity index (χ0v) is 16.0. The standard InChI is InChI=1S/C20H23F5NO/c1-10-6-11-8-26(5,9-27-19(11)12(7-10)20(2,3)4)18-16(24)14(22)13(21)15(23)17(18)25/h6-7,12,19H,8-9H2,1-5H3/q+1. The number of fused-ring (bicyclic) bond motifs is 1. The first-order valence-electron chi connectivity index (χ1n) is 8.74. The molecule has 1 aromatic carbocycles. The molecule has 3 rings (SSSR count). The number of benzene rings is 1. The van der Waals surface area contributed by atoms with Crippen LogP contribution in [-0.2, 0) is 4.74 Å². The molecule has 2 aliphatic rings. The lowest BCUT2D eigenvalue weighted by molar-refractivity contribution is -0.0595. The molecule has 0 spiro atoms. The van der Waals surface area contributed by atoms with Crippen molar-refractivity contribution in [2.24, 2.45) is 11.3 Å². The van der Waals surface area contributed by atoms with Gasteiger partial charge in [-0.1, -0.05) is 38.5 Å². The Hall–Kier alpha value is -1.73. The second kappa shape index (κ2) is 6.41. The maximum absolute atomic E-state index is 14.4. The number of ether oxygens (including phenoxy) is 1. The van der Waals surface area contributed by atoms with Gasteiger partial charge >= 0.3 is 0 Å². The molecule has 2 nitrogen and oxygen atoms in total.